The SMILES string of the molecule is Cc1oc(C(=O)O)cc1CNC(c1cccs1)C(C)C. The lowest BCUT2D eigenvalue weighted by Crippen LogP contribution is -2.24. The molecule has 1 unspecified atom stereocenters. The minimum atomic E-state index is -1.03. The van der Waals surface area contributed by atoms with Crippen molar-refractivity contribution in [1.29, 1.82) is 0 Å². The molecule has 2 rings (SSSR count). The molecule has 1 atom stereocenters. The van der Waals surface area contributed by atoms with Crippen LogP contribution in [0.4, 0.5) is 0 Å². The molecule has 2 aromatic heterocycles. The second-order valence-electron chi connectivity index (χ2n) is 5.12. The van der Waals surface area contributed by atoms with E-state index < -0.39 is 5.97 Å². The molecule has 2 aromatic rings. The van der Waals surface area contributed by atoms with E-state index in [4.69, 9.17) is 9.52 Å². The number of carboxylic acids is 1. The zero-order chi connectivity index (χ0) is 14.7. The number of rotatable bonds is 6. The van der Waals surface area contributed by atoms with Crippen molar-refractivity contribution in [3.05, 3.63) is 45.5 Å². The van der Waals surface area contributed by atoms with Crippen LogP contribution in [-0.4, -0.2) is 11.1 Å². The summed E-state index contributed by atoms with van der Waals surface area (Å²) in [5, 5.41) is 14.5. The molecule has 0 fully saturated rings. The van der Waals surface area contributed by atoms with Crippen molar-refractivity contribution in [2.45, 2.75) is 33.4 Å². The topological polar surface area (TPSA) is 62.5 Å². The quantitative estimate of drug-likeness (QED) is 0.849. The van der Waals surface area contributed by atoms with Crippen LogP contribution in [0.5, 0.6) is 0 Å². The van der Waals surface area contributed by atoms with Gasteiger partial charge < -0.3 is 14.8 Å². The normalized spacial score (nSPS) is 12.8. The Kier molecular flexibility index (Phi) is 4.62. The maximum atomic E-state index is 10.9. The fraction of sp³-hybridized carbons (Fsp3) is 0.400. The predicted molar refractivity (Wildman–Crippen MR) is 79.1 cm³/mol. The summed E-state index contributed by atoms with van der Waals surface area (Å²) < 4.78 is 5.22. The number of aryl methyl sites for hydroxylation is 1. The molecule has 2 heterocycles. The highest BCUT2D eigenvalue weighted by atomic mass is 32.1. The third-order valence-electron chi connectivity index (χ3n) is 3.26. The number of carbonyl (C=O) groups is 1. The first-order valence-corrected chi connectivity index (χ1v) is 7.46. The van der Waals surface area contributed by atoms with Crippen molar-refractivity contribution in [3.8, 4) is 0 Å². The molecule has 0 bridgehead atoms. The van der Waals surface area contributed by atoms with Gasteiger partial charge >= 0.3 is 5.97 Å². The molecule has 0 aliphatic rings. The summed E-state index contributed by atoms with van der Waals surface area (Å²) in [6.07, 6.45) is 0. The largest absolute Gasteiger partial charge is 0.475 e. The summed E-state index contributed by atoms with van der Waals surface area (Å²) in [5.41, 5.74) is 0.893. The van der Waals surface area contributed by atoms with E-state index in [0.717, 1.165) is 5.56 Å². The zero-order valence-electron chi connectivity index (χ0n) is 11.8. The Morgan fingerprint density at radius 3 is 2.75 bits per heavy atom. The molecular weight excluding hydrogens is 274 g/mol. The molecule has 0 aromatic carbocycles. The van der Waals surface area contributed by atoms with Crippen molar-refractivity contribution >= 4 is 17.3 Å². The van der Waals surface area contributed by atoms with Gasteiger partial charge in [0.25, 0.3) is 0 Å². The molecule has 0 amide bonds. The van der Waals surface area contributed by atoms with E-state index in [0.29, 0.717) is 18.2 Å². The summed E-state index contributed by atoms with van der Waals surface area (Å²) in [4.78, 5) is 12.2. The standard InChI is InChI=1S/C15H19NO3S/c1-9(2)14(13-5-4-6-20-13)16-8-11-7-12(15(17)18)19-10(11)3/h4-7,9,14,16H,8H2,1-3H3,(H,17,18). The highest BCUT2D eigenvalue weighted by Gasteiger charge is 2.18. The summed E-state index contributed by atoms with van der Waals surface area (Å²) in [7, 11) is 0. The smallest absolute Gasteiger partial charge is 0.371 e. The van der Waals surface area contributed by atoms with E-state index in [9.17, 15) is 4.79 Å². The van der Waals surface area contributed by atoms with Gasteiger partial charge in [0.1, 0.15) is 5.76 Å². The Bertz CT molecular complexity index is 572. The Balaban J connectivity index is 2.08. The van der Waals surface area contributed by atoms with Crippen molar-refractivity contribution in [2.24, 2.45) is 5.92 Å². The lowest BCUT2D eigenvalue weighted by Gasteiger charge is -2.21. The van der Waals surface area contributed by atoms with E-state index in [1.165, 1.54) is 4.88 Å². The minimum absolute atomic E-state index is 0.00322. The zero-order valence-corrected chi connectivity index (χ0v) is 12.7. The van der Waals surface area contributed by atoms with E-state index in [2.05, 4.69) is 30.6 Å². The van der Waals surface area contributed by atoms with Crippen LogP contribution in [0, 0.1) is 12.8 Å². The summed E-state index contributed by atoms with van der Waals surface area (Å²) >= 11 is 1.73. The average molecular weight is 293 g/mol. The highest BCUT2D eigenvalue weighted by Crippen LogP contribution is 2.26. The van der Waals surface area contributed by atoms with E-state index in [1.807, 2.05) is 6.07 Å². The van der Waals surface area contributed by atoms with Crippen LogP contribution < -0.4 is 5.32 Å². The van der Waals surface area contributed by atoms with Gasteiger partial charge in [0.05, 0.1) is 0 Å². The summed E-state index contributed by atoms with van der Waals surface area (Å²) in [6.45, 7) is 6.73. The van der Waals surface area contributed by atoms with Crippen molar-refractivity contribution in [1.82, 2.24) is 5.32 Å². The molecular formula is C15H19NO3S. The van der Waals surface area contributed by atoms with Gasteiger partial charge in [-0.3, -0.25) is 0 Å². The van der Waals surface area contributed by atoms with Gasteiger partial charge in [-0.25, -0.2) is 4.79 Å². The molecule has 0 saturated carbocycles. The predicted octanol–water partition coefficient (Wildman–Crippen LogP) is 3.83. The first-order valence-electron chi connectivity index (χ1n) is 6.58. The fourth-order valence-electron chi connectivity index (χ4n) is 2.15. The third-order valence-corrected chi connectivity index (χ3v) is 4.22. The molecule has 0 aliphatic heterocycles. The highest BCUT2D eigenvalue weighted by molar-refractivity contribution is 7.10. The molecule has 20 heavy (non-hydrogen) atoms. The number of carboxylic acid groups (broad SMARTS) is 1. The second-order valence-corrected chi connectivity index (χ2v) is 6.09. The minimum Gasteiger partial charge on any atom is -0.475 e. The Morgan fingerprint density at radius 2 is 2.25 bits per heavy atom. The van der Waals surface area contributed by atoms with Gasteiger partial charge in [-0.1, -0.05) is 19.9 Å². The van der Waals surface area contributed by atoms with Gasteiger partial charge in [0, 0.05) is 23.0 Å². The summed E-state index contributed by atoms with van der Waals surface area (Å²) in [5.74, 6) is 0.0814. The monoisotopic (exact) mass is 293 g/mol. The first-order chi connectivity index (χ1) is 9.49. The van der Waals surface area contributed by atoms with Crippen LogP contribution >= 0.6 is 11.3 Å². The number of nitrogens with one attached hydrogen (secondary N) is 1. The molecule has 4 nitrogen and oxygen atoms in total. The van der Waals surface area contributed by atoms with Gasteiger partial charge in [-0.05, 0) is 30.4 Å². The maximum Gasteiger partial charge on any atom is 0.371 e. The van der Waals surface area contributed by atoms with E-state index in [1.54, 1.807) is 24.3 Å². The van der Waals surface area contributed by atoms with Crippen LogP contribution in [0.2, 0.25) is 0 Å². The molecule has 0 aliphatic carbocycles. The van der Waals surface area contributed by atoms with Crippen molar-refractivity contribution in [2.75, 3.05) is 0 Å². The van der Waals surface area contributed by atoms with Gasteiger partial charge in [-0.2, -0.15) is 0 Å². The molecule has 0 saturated heterocycles. The van der Waals surface area contributed by atoms with Crippen LogP contribution in [0.3, 0.4) is 0 Å². The van der Waals surface area contributed by atoms with Gasteiger partial charge in [0.15, 0.2) is 0 Å². The first kappa shape index (κ1) is 14.8. The van der Waals surface area contributed by atoms with E-state index >= 15 is 0 Å². The summed E-state index contributed by atoms with van der Waals surface area (Å²) in [6, 6.07) is 6.02. The molecule has 108 valence electrons. The average Bonchev–Trinajstić information content (AvgIpc) is 3.00. The van der Waals surface area contributed by atoms with Crippen LogP contribution in [0.1, 0.15) is 46.6 Å². The number of hydrogen-bond acceptors (Lipinski definition) is 4. The molecule has 0 radical (unpaired) electrons. The fourth-order valence-corrected chi connectivity index (χ4v) is 3.13. The van der Waals surface area contributed by atoms with Crippen molar-refractivity contribution in [3.63, 3.8) is 0 Å². The van der Waals surface area contributed by atoms with Gasteiger partial charge in [0.2, 0.25) is 5.76 Å². The Hall–Kier alpha value is -1.59. The Morgan fingerprint density at radius 1 is 1.50 bits per heavy atom. The molecule has 0 spiro atoms. The van der Waals surface area contributed by atoms with E-state index in [-0.39, 0.29) is 11.8 Å². The third kappa shape index (κ3) is 3.29. The van der Waals surface area contributed by atoms with Crippen LogP contribution in [0.25, 0.3) is 0 Å². The number of furan rings is 1. The number of hydrogen-bond donors (Lipinski definition) is 2. The number of aromatic carboxylic acids is 1. The van der Waals surface area contributed by atoms with Crippen molar-refractivity contribution < 1.29 is 14.3 Å². The lowest BCUT2D eigenvalue weighted by atomic mass is 10.0. The molecule has 5 heteroatoms. The number of thiophene rings is 1. The van der Waals surface area contributed by atoms with Crippen LogP contribution in [-0.2, 0) is 6.54 Å². The lowest BCUT2D eigenvalue weighted by molar-refractivity contribution is 0.0661. The molecule has 2 N–H and O–H groups in total. The maximum absolute atomic E-state index is 10.9. The Labute approximate surface area is 122 Å². The van der Waals surface area contributed by atoms with Gasteiger partial charge in [-0.15, -0.1) is 11.3 Å². The van der Waals surface area contributed by atoms with Crippen LogP contribution in [0.15, 0.2) is 28.0 Å². The second kappa shape index (κ2) is 6.24.